The minimum Gasteiger partial charge on any atom is -0.343 e. The van der Waals surface area contributed by atoms with E-state index in [-0.39, 0.29) is 23.1 Å². The van der Waals surface area contributed by atoms with Crippen molar-refractivity contribution >= 4 is 39.1 Å². The quantitative estimate of drug-likeness (QED) is 0.467. The summed E-state index contributed by atoms with van der Waals surface area (Å²) in [5.41, 5.74) is 4.70. The normalized spacial score (nSPS) is 18.9. The highest BCUT2D eigenvalue weighted by molar-refractivity contribution is 9.10. The number of fused-ring (bicyclic) bond motifs is 1. The predicted octanol–water partition coefficient (Wildman–Crippen LogP) is 5.86. The van der Waals surface area contributed by atoms with Gasteiger partial charge in [-0.3, -0.25) is 9.59 Å². The number of carbonyl (C=O) groups excluding carboxylic acids is 2. The van der Waals surface area contributed by atoms with Crippen molar-refractivity contribution < 1.29 is 9.59 Å². The van der Waals surface area contributed by atoms with E-state index in [9.17, 15) is 9.59 Å². The smallest absolute Gasteiger partial charge is 0.261 e. The summed E-state index contributed by atoms with van der Waals surface area (Å²) in [4.78, 5) is 26.5. The van der Waals surface area contributed by atoms with Gasteiger partial charge in [-0.05, 0) is 48.6 Å². The van der Waals surface area contributed by atoms with Crippen LogP contribution in [0.25, 0.3) is 0 Å². The molecule has 1 aliphatic heterocycles. The highest BCUT2D eigenvalue weighted by atomic mass is 79.9. The molecule has 0 saturated carbocycles. The molecule has 0 saturated heterocycles. The molecule has 2 aliphatic rings. The fourth-order valence-corrected chi connectivity index (χ4v) is 4.93. The Bertz CT molecular complexity index is 1290. The highest BCUT2D eigenvalue weighted by Crippen LogP contribution is 2.46. The van der Waals surface area contributed by atoms with Crippen LogP contribution in [0.3, 0.4) is 0 Å². The van der Waals surface area contributed by atoms with E-state index in [0.29, 0.717) is 17.8 Å². The van der Waals surface area contributed by atoms with Gasteiger partial charge in [0.05, 0.1) is 6.20 Å². The number of allylic oxidation sites excluding steroid dienone is 2. The zero-order valence-corrected chi connectivity index (χ0v) is 20.4. The third-order valence-corrected chi connectivity index (χ3v) is 6.77. The van der Waals surface area contributed by atoms with E-state index in [1.54, 1.807) is 10.9 Å². The number of anilines is 2. The fraction of sp³-hybridized carbons (Fsp3) is 0.269. The van der Waals surface area contributed by atoms with Crippen molar-refractivity contribution in [3.8, 4) is 0 Å². The van der Waals surface area contributed by atoms with Crippen LogP contribution in [0.15, 0.2) is 70.5 Å². The molecule has 0 spiro atoms. The average Bonchev–Trinajstić information content (AvgIpc) is 3.17. The van der Waals surface area contributed by atoms with E-state index in [2.05, 4.69) is 45.5 Å². The molecule has 0 bridgehead atoms. The van der Waals surface area contributed by atoms with Crippen LogP contribution in [0.2, 0.25) is 0 Å². The van der Waals surface area contributed by atoms with Crippen LogP contribution in [0, 0.1) is 12.3 Å². The van der Waals surface area contributed by atoms with Gasteiger partial charge in [0, 0.05) is 27.9 Å². The molecule has 1 aromatic heterocycles. The SMILES string of the molecule is Cc1ccc(NC(=O)c2cnn3c2NC2=C(C(=O)CC(C)(C)C2)[C@@H]3c2ccc(Br)cc2)cc1. The molecule has 1 atom stereocenters. The Labute approximate surface area is 201 Å². The summed E-state index contributed by atoms with van der Waals surface area (Å²) >= 11 is 3.49. The topological polar surface area (TPSA) is 76.0 Å². The number of amides is 1. The lowest BCUT2D eigenvalue weighted by Gasteiger charge is -2.39. The Balaban J connectivity index is 1.58. The molecule has 33 heavy (non-hydrogen) atoms. The molecule has 5 rings (SSSR count). The average molecular weight is 505 g/mol. The number of hydrogen-bond acceptors (Lipinski definition) is 4. The molecule has 7 heteroatoms. The van der Waals surface area contributed by atoms with Gasteiger partial charge in [0.15, 0.2) is 5.78 Å². The lowest BCUT2D eigenvalue weighted by atomic mass is 9.73. The number of ketones is 1. The number of aryl methyl sites for hydroxylation is 1. The van der Waals surface area contributed by atoms with E-state index >= 15 is 0 Å². The van der Waals surface area contributed by atoms with Gasteiger partial charge in [0.25, 0.3) is 5.91 Å². The molecule has 0 fully saturated rings. The summed E-state index contributed by atoms with van der Waals surface area (Å²) in [6.45, 7) is 6.20. The number of carbonyl (C=O) groups is 2. The van der Waals surface area contributed by atoms with Crippen LogP contribution >= 0.6 is 15.9 Å². The Morgan fingerprint density at radius 1 is 1.12 bits per heavy atom. The summed E-state index contributed by atoms with van der Waals surface area (Å²) in [6.07, 6.45) is 2.79. The van der Waals surface area contributed by atoms with Gasteiger partial charge in [-0.15, -0.1) is 0 Å². The van der Waals surface area contributed by atoms with Crippen LogP contribution in [0.5, 0.6) is 0 Å². The molecule has 168 valence electrons. The van der Waals surface area contributed by atoms with Crippen LogP contribution in [-0.4, -0.2) is 21.5 Å². The molecular weight excluding hydrogens is 480 g/mol. The molecule has 3 aromatic rings. The van der Waals surface area contributed by atoms with Crippen molar-refractivity contribution in [3.63, 3.8) is 0 Å². The minimum absolute atomic E-state index is 0.119. The molecule has 2 heterocycles. The van der Waals surface area contributed by atoms with E-state index in [1.165, 1.54) is 0 Å². The summed E-state index contributed by atoms with van der Waals surface area (Å²) in [5, 5.41) is 10.9. The molecule has 2 aromatic carbocycles. The second-order valence-electron chi connectivity index (χ2n) is 9.58. The van der Waals surface area contributed by atoms with Gasteiger partial charge in [-0.25, -0.2) is 4.68 Å². The molecule has 6 nitrogen and oxygen atoms in total. The van der Waals surface area contributed by atoms with Crippen molar-refractivity contribution in [1.82, 2.24) is 9.78 Å². The molecular formula is C26H25BrN4O2. The van der Waals surface area contributed by atoms with Crippen LogP contribution < -0.4 is 10.6 Å². The van der Waals surface area contributed by atoms with Crippen LogP contribution in [0.4, 0.5) is 11.5 Å². The monoisotopic (exact) mass is 504 g/mol. The van der Waals surface area contributed by atoms with Crippen LogP contribution in [-0.2, 0) is 4.79 Å². The van der Waals surface area contributed by atoms with E-state index < -0.39 is 0 Å². The summed E-state index contributed by atoms with van der Waals surface area (Å²) in [6, 6.07) is 15.2. The zero-order chi connectivity index (χ0) is 23.3. The first-order valence-corrected chi connectivity index (χ1v) is 11.8. The second-order valence-corrected chi connectivity index (χ2v) is 10.5. The maximum absolute atomic E-state index is 13.3. The van der Waals surface area contributed by atoms with Crippen LogP contribution in [0.1, 0.15) is 54.2 Å². The van der Waals surface area contributed by atoms with E-state index in [0.717, 1.165) is 39.0 Å². The molecule has 1 aliphatic carbocycles. The molecule has 2 N–H and O–H groups in total. The summed E-state index contributed by atoms with van der Waals surface area (Å²) < 4.78 is 2.73. The van der Waals surface area contributed by atoms with E-state index in [1.807, 2.05) is 55.5 Å². The highest BCUT2D eigenvalue weighted by Gasteiger charge is 2.42. The molecule has 1 amide bonds. The largest absolute Gasteiger partial charge is 0.343 e. The number of aromatic nitrogens is 2. The first-order valence-electron chi connectivity index (χ1n) is 11.0. The maximum atomic E-state index is 13.3. The maximum Gasteiger partial charge on any atom is 0.261 e. The second kappa shape index (κ2) is 7.99. The first-order chi connectivity index (χ1) is 15.7. The third kappa shape index (κ3) is 4.02. The standard InChI is InChI=1S/C26H25BrN4O2/c1-15-4-10-18(11-5-15)29-25(33)19-14-28-31-23(16-6-8-17(27)9-7-16)22-20(30-24(19)31)12-26(2,3)13-21(22)32/h4-11,14,23,30H,12-13H2,1-3H3,(H,29,33)/t23-/m0/s1. The predicted molar refractivity (Wildman–Crippen MR) is 132 cm³/mol. The lowest BCUT2D eigenvalue weighted by molar-refractivity contribution is -0.118. The number of halogens is 1. The number of Topliss-reactive ketones (excluding diaryl/α,β-unsaturated/α-hetero) is 1. The molecule has 0 unspecified atom stereocenters. The summed E-state index contributed by atoms with van der Waals surface area (Å²) in [5.74, 6) is 0.484. The number of hydrogen-bond donors (Lipinski definition) is 2. The number of rotatable bonds is 3. The summed E-state index contributed by atoms with van der Waals surface area (Å²) in [7, 11) is 0. The third-order valence-electron chi connectivity index (χ3n) is 6.24. The zero-order valence-electron chi connectivity index (χ0n) is 18.8. The van der Waals surface area contributed by atoms with Crippen molar-refractivity contribution in [2.45, 2.75) is 39.7 Å². The van der Waals surface area contributed by atoms with Crippen molar-refractivity contribution in [3.05, 3.63) is 87.2 Å². The minimum atomic E-state index is -0.381. The van der Waals surface area contributed by atoms with Gasteiger partial charge >= 0.3 is 0 Å². The Kier molecular flexibility index (Phi) is 5.24. The fourth-order valence-electron chi connectivity index (χ4n) is 4.67. The van der Waals surface area contributed by atoms with Crippen molar-refractivity contribution in [2.75, 3.05) is 10.6 Å². The van der Waals surface area contributed by atoms with Gasteiger partial charge in [-0.2, -0.15) is 5.10 Å². The lowest BCUT2D eigenvalue weighted by Crippen LogP contribution is -2.36. The van der Waals surface area contributed by atoms with Gasteiger partial charge in [0.2, 0.25) is 0 Å². The Morgan fingerprint density at radius 3 is 2.52 bits per heavy atom. The van der Waals surface area contributed by atoms with Gasteiger partial charge in [0.1, 0.15) is 17.4 Å². The first kappa shape index (κ1) is 21.6. The van der Waals surface area contributed by atoms with Crippen molar-refractivity contribution in [2.24, 2.45) is 5.41 Å². The van der Waals surface area contributed by atoms with Gasteiger partial charge in [-0.1, -0.05) is 59.6 Å². The number of nitrogens with one attached hydrogen (secondary N) is 2. The van der Waals surface area contributed by atoms with Gasteiger partial charge < -0.3 is 10.6 Å². The number of benzene rings is 2. The number of nitrogens with zero attached hydrogens (tertiary/aromatic N) is 2. The Hall–Kier alpha value is -3.19. The molecule has 0 radical (unpaired) electrons. The Morgan fingerprint density at radius 2 is 1.82 bits per heavy atom. The van der Waals surface area contributed by atoms with Crippen molar-refractivity contribution in [1.29, 1.82) is 0 Å². The van der Waals surface area contributed by atoms with E-state index in [4.69, 9.17) is 0 Å².